The topological polar surface area (TPSA) is 70.5 Å². The summed E-state index contributed by atoms with van der Waals surface area (Å²) in [7, 11) is 0. The highest BCUT2D eigenvalue weighted by atomic mass is 32.2. The van der Waals surface area contributed by atoms with Gasteiger partial charge in [-0.25, -0.2) is 26.9 Å². The molecular formula is C18H9F5N2O3S2. The van der Waals surface area contributed by atoms with Gasteiger partial charge in [-0.3, -0.25) is 9.59 Å². The number of carboxylic acids is 1. The Morgan fingerprint density at radius 2 is 1.83 bits per heavy atom. The lowest BCUT2D eigenvalue weighted by atomic mass is 10.2. The van der Waals surface area contributed by atoms with Gasteiger partial charge in [0.05, 0.1) is 33.5 Å². The number of nitrogens with zero attached hydrogens (tertiary/aromatic N) is 2. The fraction of sp³-hybridized carbons (Fsp3) is 0.167. The number of thiazole rings is 1. The van der Waals surface area contributed by atoms with Crippen LogP contribution in [-0.4, -0.2) is 27.2 Å². The van der Waals surface area contributed by atoms with E-state index in [4.69, 9.17) is 5.11 Å². The number of thioether (sulfide) groups is 1. The summed E-state index contributed by atoms with van der Waals surface area (Å²) in [4.78, 5) is 28.5. The molecule has 0 fully saturated rings. The van der Waals surface area contributed by atoms with Crippen LogP contribution in [0.2, 0.25) is 0 Å². The Morgan fingerprint density at radius 3 is 2.53 bits per heavy atom. The van der Waals surface area contributed by atoms with E-state index in [9.17, 15) is 31.5 Å². The number of carbonyl (C=O) groups excluding carboxylic acids is 1. The number of benzene rings is 2. The molecule has 1 aliphatic heterocycles. The van der Waals surface area contributed by atoms with E-state index in [-0.39, 0.29) is 20.3 Å². The van der Waals surface area contributed by atoms with Crippen molar-refractivity contribution in [2.45, 2.75) is 23.1 Å². The van der Waals surface area contributed by atoms with Gasteiger partial charge in [0.25, 0.3) is 0 Å². The summed E-state index contributed by atoms with van der Waals surface area (Å²) in [6, 6.07) is 1.86. The Morgan fingerprint density at radius 1 is 1.10 bits per heavy atom. The van der Waals surface area contributed by atoms with Crippen molar-refractivity contribution in [1.82, 2.24) is 4.98 Å². The Balaban J connectivity index is 1.80. The van der Waals surface area contributed by atoms with Crippen LogP contribution < -0.4 is 4.90 Å². The molecule has 1 unspecified atom stereocenters. The van der Waals surface area contributed by atoms with Crippen molar-refractivity contribution in [3.05, 3.63) is 52.3 Å². The zero-order valence-electron chi connectivity index (χ0n) is 14.6. The van der Waals surface area contributed by atoms with Gasteiger partial charge in [0.2, 0.25) is 5.91 Å². The lowest BCUT2D eigenvalue weighted by molar-refractivity contribution is -0.138. The Hall–Kier alpha value is -2.73. The number of carboxylic acid groups (broad SMARTS) is 1. The predicted octanol–water partition coefficient (Wildman–Crippen LogP) is 4.47. The average Bonchev–Trinajstić information content (AvgIpc) is 3.08. The van der Waals surface area contributed by atoms with E-state index in [1.54, 1.807) is 0 Å². The number of rotatable bonds is 4. The summed E-state index contributed by atoms with van der Waals surface area (Å²) in [5, 5.41) is 7.81. The SMILES string of the molecule is O=C(O)CC1Sc2c(F)cc(F)cc2N(Cc2nc3c(F)c(F)cc(F)c3s2)C1=O. The smallest absolute Gasteiger partial charge is 0.305 e. The molecule has 0 bridgehead atoms. The standard InChI is InChI=1S/C18H9F5N2O3S2/c19-6-1-8(21)16-10(2-6)25(18(28)11(29-16)4-13(26)27)5-12-24-15-14(23)7(20)3-9(22)17(15)30-12/h1-3,11H,4-5H2,(H,26,27). The van der Waals surface area contributed by atoms with E-state index in [0.29, 0.717) is 35.2 Å². The first-order chi connectivity index (χ1) is 14.2. The van der Waals surface area contributed by atoms with Gasteiger partial charge in [0, 0.05) is 12.1 Å². The van der Waals surface area contributed by atoms with Gasteiger partial charge in [-0.1, -0.05) is 0 Å². The second kappa shape index (κ2) is 7.51. The fourth-order valence-corrected chi connectivity index (χ4v) is 5.19. The molecular weight excluding hydrogens is 451 g/mol. The number of amides is 1. The quantitative estimate of drug-likeness (QED) is 0.460. The molecule has 1 N–H and O–H groups in total. The molecule has 156 valence electrons. The highest BCUT2D eigenvalue weighted by Crippen LogP contribution is 2.43. The number of halogens is 5. The zero-order chi connectivity index (χ0) is 21.7. The molecule has 5 nitrogen and oxygen atoms in total. The highest BCUT2D eigenvalue weighted by Gasteiger charge is 2.37. The van der Waals surface area contributed by atoms with Crippen LogP contribution in [0.15, 0.2) is 23.1 Å². The summed E-state index contributed by atoms with van der Waals surface area (Å²) in [5.41, 5.74) is -0.727. The molecule has 3 aromatic rings. The van der Waals surface area contributed by atoms with Crippen LogP contribution in [-0.2, 0) is 16.1 Å². The highest BCUT2D eigenvalue weighted by molar-refractivity contribution is 8.01. The van der Waals surface area contributed by atoms with Crippen molar-refractivity contribution < 1.29 is 36.6 Å². The van der Waals surface area contributed by atoms with Crippen LogP contribution in [0.4, 0.5) is 27.6 Å². The van der Waals surface area contributed by atoms with Crippen LogP contribution in [0, 0.1) is 29.1 Å². The van der Waals surface area contributed by atoms with Crippen molar-refractivity contribution in [2.24, 2.45) is 0 Å². The van der Waals surface area contributed by atoms with Gasteiger partial charge in [0.15, 0.2) is 11.6 Å². The zero-order valence-corrected chi connectivity index (χ0v) is 16.2. The molecule has 0 aliphatic carbocycles. The first-order valence-electron chi connectivity index (χ1n) is 8.27. The normalized spacial score (nSPS) is 16.2. The number of aromatic nitrogens is 1. The molecule has 0 saturated heterocycles. The number of hydrogen-bond donors (Lipinski definition) is 1. The van der Waals surface area contributed by atoms with Crippen molar-refractivity contribution in [2.75, 3.05) is 4.90 Å². The van der Waals surface area contributed by atoms with Gasteiger partial charge in [-0.2, -0.15) is 0 Å². The maximum absolute atomic E-state index is 14.3. The van der Waals surface area contributed by atoms with Crippen LogP contribution in [0.25, 0.3) is 10.2 Å². The molecule has 1 atom stereocenters. The second-order valence-electron chi connectivity index (χ2n) is 6.30. The van der Waals surface area contributed by atoms with E-state index in [2.05, 4.69) is 4.98 Å². The number of hydrogen-bond acceptors (Lipinski definition) is 5. The van der Waals surface area contributed by atoms with Crippen LogP contribution in [0.1, 0.15) is 11.4 Å². The first-order valence-corrected chi connectivity index (χ1v) is 9.97. The third kappa shape index (κ3) is 3.49. The molecule has 2 aromatic carbocycles. The molecule has 4 rings (SSSR count). The molecule has 30 heavy (non-hydrogen) atoms. The maximum atomic E-state index is 14.3. The molecule has 1 aromatic heterocycles. The first kappa shape index (κ1) is 20.5. The molecule has 12 heteroatoms. The predicted molar refractivity (Wildman–Crippen MR) is 98.9 cm³/mol. The van der Waals surface area contributed by atoms with E-state index < -0.39 is 64.7 Å². The van der Waals surface area contributed by atoms with Crippen LogP contribution in [0.3, 0.4) is 0 Å². The third-order valence-corrected chi connectivity index (χ3v) is 6.64. The van der Waals surface area contributed by atoms with Gasteiger partial charge < -0.3 is 10.0 Å². The molecule has 1 amide bonds. The Labute approximate surface area is 173 Å². The summed E-state index contributed by atoms with van der Waals surface area (Å²) in [5.74, 6) is -7.85. The summed E-state index contributed by atoms with van der Waals surface area (Å²) in [6.07, 6.45) is -0.620. The Kier molecular flexibility index (Phi) is 5.14. The van der Waals surface area contributed by atoms with E-state index in [0.717, 1.165) is 11.0 Å². The van der Waals surface area contributed by atoms with Gasteiger partial charge in [-0.15, -0.1) is 23.1 Å². The summed E-state index contributed by atoms with van der Waals surface area (Å²) >= 11 is 1.30. The molecule has 0 spiro atoms. The fourth-order valence-electron chi connectivity index (χ4n) is 3.03. The molecule has 1 aliphatic rings. The van der Waals surface area contributed by atoms with Gasteiger partial charge >= 0.3 is 5.97 Å². The maximum Gasteiger partial charge on any atom is 0.305 e. The van der Waals surface area contributed by atoms with Crippen molar-refractivity contribution in [1.29, 1.82) is 0 Å². The Bertz CT molecular complexity index is 1220. The lowest BCUT2D eigenvalue weighted by Gasteiger charge is -2.32. The van der Waals surface area contributed by atoms with Crippen LogP contribution >= 0.6 is 23.1 Å². The van der Waals surface area contributed by atoms with Crippen LogP contribution in [0.5, 0.6) is 0 Å². The summed E-state index contributed by atoms with van der Waals surface area (Å²) in [6.45, 7) is -0.439. The van der Waals surface area contributed by atoms with Crippen molar-refractivity contribution >= 4 is 50.9 Å². The molecule has 0 radical (unpaired) electrons. The van der Waals surface area contributed by atoms with Crippen molar-refractivity contribution in [3.8, 4) is 0 Å². The second-order valence-corrected chi connectivity index (χ2v) is 8.60. The third-order valence-electron chi connectivity index (χ3n) is 4.29. The number of fused-ring (bicyclic) bond motifs is 2. The molecule has 0 saturated carbocycles. The van der Waals surface area contributed by atoms with Gasteiger partial charge in [0.1, 0.15) is 28.0 Å². The average molecular weight is 460 g/mol. The monoisotopic (exact) mass is 460 g/mol. The van der Waals surface area contributed by atoms with Crippen molar-refractivity contribution in [3.63, 3.8) is 0 Å². The van der Waals surface area contributed by atoms with Gasteiger partial charge in [-0.05, 0) is 6.07 Å². The molecule has 2 heterocycles. The minimum absolute atomic E-state index is 0.0293. The number of aliphatic carboxylic acids is 1. The largest absolute Gasteiger partial charge is 0.481 e. The number of anilines is 1. The minimum atomic E-state index is -1.43. The van der Waals surface area contributed by atoms with E-state index in [1.807, 2.05) is 0 Å². The van der Waals surface area contributed by atoms with E-state index in [1.165, 1.54) is 0 Å². The summed E-state index contributed by atoms with van der Waals surface area (Å²) < 4.78 is 69.2. The van der Waals surface area contributed by atoms with E-state index >= 15 is 0 Å². The number of carbonyl (C=O) groups is 2. The lowest BCUT2D eigenvalue weighted by Crippen LogP contribution is -2.41. The minimum Gasteiger partial charge on any atom is -0.481 e.